The SMILES string of the molecule is CC.Cc1cn(CCO)c2ncnc(N)c12. The number of aryl methyl sites for hydroxylation is 1. The summed E-state index contributed by atoms with van der Waals surface area (Å²) >= 11 is 0. The number of nitrogens with zero attached hydrogens (tertiary/aromatic N) is 3. The lowest BCUT2D eigenvalue weighted by molar-refractivity contribution is 0.278. The average Bonchev–Trinajstić information content (AvgIpc) is 2.61. The van der Waals surface area contributed by atoms with E-state index in [4.69, 9.17) is 10.8 Å². The van der Waals surface area contributed by atoms with E-state index >= 15 is 0 Å². The first-order valence-electron chi connectivity index (χ1n) is 5.41. The van der Waals surface area contributed by atoms with Gasteiger partial charge < -0.3 is 15.4 Å². The number of fused-ring (bicyclic) bond motifs is 1. The first-order chi connectivity index (χ1) is 7.74. The lowest BCUT2D eigenvalue weighted by Gasteiger charge is -2.00. The van der Waals surface area contributed by atoms with Crippen molar-refractivity contribution in [2.45, 2.75) is 27.3 Å². The molecule has 0 saturated carbocycles. The Labute approximate surface area is 94.9 Å². The summed E-state index contributed by atoms with van der Waals surface area (Å²) in [4.78, 5) is 8.07. The number of nitrogen functional groups attached to an aromatic ring is 1. The maximum atomic E-state index is 8.86. The van der Waals surface area contributed by atoms with Crippen molar-refractivity contribution in [1.82, 2.24) is 14.5 Å². The topological polar surface area (TPSA) is 77.0 Å². The molecule has 16 heavy (non-hydrogen) atoms. The van der Waals surface area contributed by atoms with Gasteiger partial charge in [-0.05, 0) is 12.5 Å². The van der Waals surface area contributed by atoms with Gasteiger partial charge in [-0.3, -0.25) is 0 Å². The molecule has 0 aliphatic carbocycles. The molecule has 0 spiro atoms. The number of hydrogen-bond donors (Lipinski definition) is 2. The second-order valence-corrected chi connectivity index (χ2v) is 3.19. The highest BCUT2D eigenvalue weighted by molar-refractivity contribution is 5.89. The summed E-state index contributed by atoms with van der Waals surface area (Å²) < 4.78 is 1.88. The van der Waals surface area contributed by atoms with Crippen LogP contribution in [0.4, 0.5) is 5.82 Å². The van der Waals surface area contributed by atoms with Crippen LogP contribution in [0.2, 0.25) is 0 Å². The number of nitrogens with two attached hydrogens (primary N) is 1. The fourth-order valence-electron chi connectivity index (χ4n) is 1.62. The smallest absolute Gasteiger partial charge is 0.145 e. The number of rotatable bonds is 2. The van der Waals surface area contributed by atoms with Crippen LogP contribution in [-0.4, -0.2) is 26.2 Å². The third-order valence-corrected chi connectivity index (χ3v) is 2.21. The van der Waals surface area contributed by atoms with Crippen LogP contribution in [0.3, 0.4) is 0 Å². The first kappa shape index (κ1) is 12.4. The molecule has 0 amide bonds. The van der Waals surface area contributed by atoms with Gasteiger partial charge in [0.25, 0.3) is 0 Å². The maximum Gasteiger partial charge on any atom is 0.145 e. The summed E-state index contributed by atoms with van der Waals surface area (Å²) in [6.07, 6.45) is 3.36. The molecule has 2 aromatic heterocycles. The van der Waals surface area contributed by atoms with Gasteiger partial charge in [0.05, 0.1) is 12.0 Å². The van der Waals surface area contributed by atoms with Crippen LogP contribution in [-0.2, 0) is 6.54 Å². The van der Waals surface area contributed by atoms with Gasteiger partial charge in [0.15, 0.2) is 0 Å². The molecule has 0 radical (unpaired) electrons. The van der Waals surface area contributed by atoms with Gasteiger partial charge in [-0.2, -0.15) is 0 Å². The van der Waals surface area contributed by atoms with Gasteiger partial charge in [0.1, 0.15) is 17.8 Å². The van der Waals surface area contributed by atoms with E-state index < -0.39 is 0 Å². The monoisotopic (exact) mass is 222 g/mol. The van der Waals surface area contributed by atoms with Crippen LogP contribution >= 0.6 is 0 Å². The van der Waals surface area contributed by atoms with Crippen LogP contribution < -0.4 is 5.73 Å². The summed E-state index contributed by atoms with van der Waals surface area (Å²) in [5, 5.41) is 9.74. The number of aliphatic hydroxyl groups excluding tert-OH is 1. The van der Waals surface area contributed by atoms with E-state index in [2.05, 4.69) is 9.97 Å². The quantitative estimate of drug-likeness (QED) is 0.803. The molecule has 2 aromatic rings. The molecule has 0 aromatic carbocycles. The Balaban J connectivity index is 0.000000606. The van der Waals surface area contributed by atoms with Crippen LogP contribution in [0.15, 0.2) is 12.5 Å². The van der Waals surface area contributed by atoms with Gasteiger partial charge in [0.2, 0.25) is 0 Å². The third kappa shape index (κ3) is 2.14. The molecule has 3 N–H and O–H groups in total. The van der Waals surface area contributed by atoms with Gasteiger partial charge in [-0.25, -0.2) is 9.97 Å². The molecular weight excluding hydrogens is 204 g/mol. The summed E-state index contributed by atoms with van der Waals surface area (Å²) in [6, 6.07) is 0. The van der Waals surface area contributed by atoms with E-state index in [0.717, 1.165) is 16.6 Å². The van der Waals surface area contributed by atoms with Gasteiger partial charge in [0, 0.05) is 12.7 Å². The van der Waals surface area contributed by atoms with E-state index in [1.807, 2.05) is 31.5 Å². The average molecular weight is 222 g/mol. The molecule has 0 bridgehead atoms. The number of aliphatic hydroxyl groups is 1. The van der Waals surface area contributed by atoms with Crippen molar-refractivity contribution in [3.05, 3.63) is 18.1 Å². The van der Waals surface area contributed by atoms with E-state index in [0.29, 0.717) is 12.4 Å². The normalized spacial score (nSPS) is 10.0. The summed E-state index contributed by atoms with van der Waals surface area (Å²) in [5.74, 6) is 0.490. The van der Waals surface area contributed by atoms with E-state index in [9.17, 15) is 0 Å². The summed E-state index contributed by atoms with van der Waals surface area (Å²) in [5.41, 5.74) is 7.55. The maximum absolute atomic E-state index is 8.86. The molecular formula is C11H18N4O. The number of aromatic nitrogens is 3. The molecule has 2 heterocycles. The zero-order valence-corrected chi connectivity index (χ0v) is 9.94. The highest BCUT2D eigenvalue weighted by Gasteiger charge is 2.09. The van der Waals surface area contributed by atoms with Crippen molar-refractivity contribution >= 4 is 16.9 Å². The first-order valence-corrected chi connectivity index (χ1v) is 5.41. The highest BCUT2D eigenvalue weighted by Crippen LogP contribution is 2.22. The molecule has 0 unspecified atom stereocenters. The van der Waals surface area contributed by atoms with Crippen LogP contribution in [0, 0.1) is 6.92 Å². The Morgan fingerprint density at radius 3 is 2.69 bits per heavy atom. The van der Waals surface area contributed by atoms with Crippen LogP contribution in [0.5, 0.6) is 0 Å². The van der Waals surface area contributed by atoms with Gasteiger partial charge >= 0.3 is 0 Å². The van der Waals surface area contributed by atoms with Gasteiger partial charge in [-0.1, -0.05) is 13.8 Å². The lowest BCUT2D eigenvalue weighted by Crippen LogP contribution is -2.02. The molecule has 0 fully saturated rings. The Morgan fingerprint density at radius 1 is 1.38 bits per heavy atom. The van der Waals surface area contributed by atoms with Crippen molar-refractivity contribution in [1.29, 1.82) is 0 Å². The predicted octanol–water partition coefficient (Wildman–Crippen LogP) is 1.34. The lowest BCUT2D eigenvalue weighted by atomic mass is 10.2. The van der Waals surface area contributed by atoms with Crippen molar-refractivity contribution in [3.8, 4) is 0 Å². The summed E-state index contributed by atoms with van der Waals surface area (Å²) in [6.45, 7) is 6.57. The van der Waals surface area contributed by atoms with Crippen LogP contribution in [0.25, 0.3) is 11.0 Å². The number of anilines is 1. The van der Waals surface area contributed by atoms with Crippen molar-refractivity contribution in [2.75, 3.05) is 12.3 Å². The minimum Gasteiger partial charge on any atom is -0.395 e. The largest absolute Gasteiger partial charge is 0.395 e. The second kappa shape index (κ2) is 5.46. The zero-order chi connectivity index (χ0) is 12.1. The van der Waals surface area contributed by atoms with Crippen LogP contribution in [0.1, 0.15) is 19.4 Å². The third-order valence-electron chi connectivity index (χ3n) is 2.21. The Hall–Kier alpha value is -1.62. The molecule has 0 atom stereocenters. The fraction of sp³-hybridized carbons (Fsp3) is 0.455. The molecule has 0 aliphatic heterocycles. The molecule has 5 heteroatoms. The molecule has 0 aliphatic rings. The highest BCUT2D eigenvalue weighted by atomic mass is 16.3. The molecule has 88 valence electrons. The van der Waals surface area contributed by atoms with E-state index in [1.54, 1.807) is 0 Å². The minimum atomic E-state index is 0.0904. The molecule has 5 nitrogen and oxygen atoms in total. The zero-order valence-electron chi connectivity index (χ0n) is 9.94. The van der Waals surface area contributed by atoms with E-state index in [-0.39, 0.29) is 6.61 Å². The Bertz CT molecular complexity index is 464. The van der Waals surface area contributed by atoms with Crippen molar-refractivity contribution in [3.63, 3.8) is 0 Å². The van der Waals surface area contributed by atoms with Gasteiger partial charge in [-0.15, -0.1) is 0 Å². The van der Waals surface area contributed by atoms with E-state index in [1.165, 1.54) is 6.33 Å². The Morgan fingerprint density at radius 2 is 2.06 bits per heavy atom. The van der Waals surface area contributed by atoms with Crippen molar-refractivity contribution < 1.29 is 5.11 Å². The predicted molar refractivity (Wildman–Crippen MR) is 65.1 cm³/mol. The summed E-state index contributed by atoms with van der Waals surface area (Å²) in [7, 11) is 0. The second-order valence-electron chi connectivity index (χ2n) is 3.19. The fourth-order valence-corrected chi connectivity index (χ4v) is 1.62. The molecule has 2 rings (SSSR count). The number of hydrogen-bond acceptors (Lipinski definition) is 4. The Kier molecular flexibility index (Phi) is 4.25. The standard InChI is InChI=1S/C9H12N4O.C2H6/c1-6-4-13(2-3-14)9-7(6)8(10)11-5-12-9;1-2/h4-5,14H,2-3H2,1H3,(H2,10,11,12);1-2H3. The minimum absolute atomic E-state index is 0.0904. The van der Waals surface area contributed by atoms with Crippen molar-refractivity contribution in [2.24, 2.45) is 0 Å². The molecule has 0 saturated heterocycles.